The minimum Gasteiger partial charge on any atom is -0.344 e. The lowest BCUT2D eigenvalue weighted by Crippen LogP contribution is -2.51. The number of hydrogen-bond donors (Lipinski definition) is 1. The minimum atomic E-state index is 0.0190. The Morgan fingerprint density at radius 2 is 2.14 bits per heavy atom. The van der Waals surface area contributed by atoms with Crippen molar-refractivity contribution >= 4 is 28.6 Å². The second-order valence-electron chi connectivity index (χ2n) is 5.14. The monoisotopic (exact) mass is 298 g/mol. The van der Waals surface area contributed by atoms with E-state index in [1.807, 2.05) is 18.1 Å². The van der Waals surface area contributed by atoms with Crippen molar-refractivity contribution in [3.05, 3.63) is 25.0 Å². The first-order valence-electron chi connectivity index (χ1n) is 6.90. The summed E-state index contributed by atoms with van der Waals surface area (Å²) in [6.07, 6.45) is 6.59. The highest BCUT2D eigenvalue weighted by Crippen LogP contribution is 2.23. The molecule has 0 bridgehead atoms. The molecule has 4 rings (SSSR count). The van der Waals surface area contributed by atoms with Gasteiger partial charge in [-0.15, -0.1) is 0 Å². The summed E-state index contributed by atoms with van der Waals surface area (Å²) in [5.41, 5.74) is 2.18. The highest BCUT2D eigenvalue weighted by molar-refractivity contribution is 5.98. The third-order valence-electron chi connectivity index (χ3n) is 3.73. The maximum Gasteiger partial charge on any atom is 0.246 e. The molecule has 4 heterocycles. The smallest absolute Gasteiger partial charge is 0.246 e. The van der Waals surface area contributed by atoms with Crippen LogP contribution in [-0.4, -0.2) is 55.3 Å². The lowest BCUT2D eigenvalue weighted by atomic mass is 10.2. The quantitative estimate of drug-likeness (QED) is 0.712. The van der Waals surface area contributed by atoms with Gasteiger partial charge in [0.2, 0.25) is 5.91 Å². The highest BCUT2D eigenvalue weighted by atomic mass is 16.2. The van der Waals surface area contributed by atoms with Crippen molar-refractivity contribution in [1.29, 1.82) is 0 Å². The Labute approximate surface area is 125 Å². The van der Waals surface area contributed by atoms with Crippen LogP contribution >= 0.6 is 0 Å². The van der Waals surface area contributed by atoms with Gasteiger partial charge in [-0.05, 0) is 0 Å². The Balaban J connectivity index is 1.60. The van der Waals surface area contributed by atoms with Crippen molar-refractivity contribution in [1.82, 2.24) is 29.7 Å². The summed E-state index contributed by atoms with van der Waals surface area (Å²) in [6, 6.07) is 0. The number of amides is 1. The predicted molar refractivity (Wildman–Crippen MR) is 79.5 cm³/mol. The number of nitrogens with zero attached hydrogens (tertiary/aromatic N) is 7. The van der Waals surface area contributed by atoms with Gasteiger partial charge in [0, 0.05) is 26.3 Å². The summed E-state index contributed by atoms with van der Waals surface area (Å²) in [5.74, 6) is 0.729. The molecule has 9 heteroatoms. The molecule has 0 aromatic carbocycles. The van der Waals surface area contributed by atoms with Crippen molar-refractivity contribution < 1.29 is 4.79 Å². The number of imidazole rings is 1. The Morgan fingerprint density at radius 1 is 1.23 bits per heavy atom. The Morgan fingerprint density at radius 3 is 2.91 bits per heavy atom. The van der Waals surface area contributed by atoms with Crippen LogP contribution in [0.15, 0.2) is 25.0 Å². The molecular weight excluding hydrogens is 284 g/mol. The summed E-state index contributed by atoms with van der Waals surface area (Å²) in [5, 5.41) is 4.11. The maximum absolute atomic E-state index is 12.4. The lowest BCUT2D eigenvalue weighted by Gasteiger charge is -2.34. The van der Waals surface area contributed by atoms with Crippen LogP contribution in [0.2, 0.25) is 0 Å². The predicted octanol–water partition coefficient (Wildman–Crippen LogP) is -0.0604. The van der Waals surface area contributed by atoms with Gasteiger partial charge in [0.05, 0.1) is 24.8 Å². The number of piperazine rings is 1. The highest BCUT2D eigenvalue weighted by Gasteiger charge is 2.27. The Bertz CT molecular complexity index is 837. The number of hydrogen-bond acceptors (Lipinski definition) is 6. The molecule has 9 nitrogen and oxygen atoms in total. The SMILES string of the molecule is Cn1cc(N2CCN(c3ncnc4nc[nH]c34)CC2=O)cn1. The average molecular weight is 298 g/mol. The van der Waals surface area contributed by atoms with Crippen LogP contribution in [-0.2, 0) is 11.8 Å². The molecule has 3 aromatic rings. The van der Waals surface area contributed by atoms with Crippen molar-refractivity contribution in [3.63, 3.8) is 0 Å². The van der Waals surface area contributed by atoms with E-state index in [0.29, 0.717) is 24.6 Å². The van der Waals surface area contributed by atoms with E-state index in [0.717, 1.165) is 11.2 Å². The van der Waals surface area contributed by atoms with Crippen LogP contribution in [0.4, 0.5) is 11.5 Å². The zero-order valence-corrected chi connectivity index (χ0v) is 12.0. The zero-order chi connectivity index (χ0) is 15.1. The number of fused-ring (bicyclic) bond motifs is 1. The standard InChI is InChI=1S/C13H14N8O/c1-19-5-9(4-18-19)21-3-2-20(6-10(21)22)13-11-12(15-7-14-11)16-8-17-13/h4-5,7-8H,2-3,6H2,1H3,(H,14,15,16,17). The van der Waals surface area contributed by atoms with Gasteiger partial charge in [-0.2, -0.15) is 5.10 Å². The first kappa shape index (κ1) is 12.7. The number of H-pyrrole nitrogens is 1. The van der Waals surface area contributed by atoms with Crippen molar-refractivity contribution in [2.24, 2.45) is 7.05 Å². The topological polar surface area (TPSA) is 95.8 Å². The molecule has 1 amide bonds. The molecule has 0 unspecified atom stereocenters. The van der Waals surface area contributed by atoms with Crippen LogP contribution in [0.25, 0.3) is 11.2 Å². The number of aryl methyl sites for hydroxylation is 1. The van der Waals surface area contributed by atoms with Crippen LogP contribution in [0.1, 0.15) is 0 Å². The number of carbonyl (C=O) groups excluding carboxylic acids is 1. The molecule has 0 aliphatic carbocycles. The molecule has 22 heavy (non-hydrogen) atoms. The number of nitrogens with one attached hydrogen (secondary N) is 1. The Kier molecular flexibility index (Phi) is 2.78. The summed E-state index contributed by atoms with van der Waals surface area (Å²) in [7, 11) is 1.83. The summed E-state index contributed by atoms with van der Waals surface area (Å²) < 4.78 is 1.69. The van der Waals surface area contributed by atoms with E-state index >= 15 is 0 Å². The summed E-state index contributed by atoms with van der Waals surface area (Å²) in [6.45, 7) is 1.54. The number of carbonyl (C=O) groups is 1. The maximum atomic E-state index is 12.4. The lowest BCUT2D eigenvalue weighted by molar-refractivity contribution is -0.117. The average Bonchev–Trinajstić information content (AvgIpc) is 3.15. The minimum absolute atomic E-state index is 0.0190. The molecule has 0 atom stereocenters. The van der Waals surface area contributed by atoms with Gasteiger partial charge in [-0.3, -0.25) is 9.48 Å². The second kappa shape index (κ2) is 4.79. The molecule has 1 fully saturated rings. The number of anilines is 2. The van der Waals surface area contributed by atoms with Gasteiger partial charge < -0.3 is 14.8 Å². The largest absolute Gasteiger partial charge is 0.344 e. The van der Waals surface area contributed by atoms with Gasteiger partial charge >= 0.3 is 0 Å². The van der Waals surface area contributed by atoms with E-state index in [-0.39, 0.29) is 12.5 Å². The van der Waals surface area contributed by atoms with Crippen LogP contribution in [0.5, 0.6) is 0 Å². The fourth-order valence-electron chi connectivity index (χ4n) is 2.67. The summed E-state index contributed by atoms with van der Waals surface area (Å²) >= 11 is 0. The van der Waals surface area contributed by atoms with Crippen LogP contribution < -0.4 is 9.80 Å². The van der Waals surface area contributed by atoms with E-state index in [2.05, 4.69) is 25.0 Å². The first-order chi connectivity index (χ1) is 10.7. The van der Waals surface area contributed by atoms with Gasteiger partial charge in [0.1, 0.15) is 11.8 Å². The first-order valence-corrected chi connectivity index (χ1v) is 6.90. The normalized spacial score (nSPS) is 15.8. The summed E-state index contributed by atoms with van der Waals surface area (Å²) in [4.78, 5) is 31.7. The van der Waals surface area contributed by atoms with Crippen LogP contribution in [0.3, 0.4) is 0 Å². The van der Waals surface area contributed by atoms with Gasteiger partial charge in [-0.1, -0.05) is 0 Å². The molecule has 0 saturated carbocycles. The van der Waals surface area contributed by atoms with E-state index < -0.39 is 0 Å². The Hall–Kier alpha value is -2.97. The van der Waals surface area contributed by atoms with E-state index in [1.54, 1.807) is 22.1 Å². The third kappa shape index (κ3) is 1.98. The second-order valence-corrected chi connectivity index (χ2v) is 5.14. The third-order valence-corrected chi connectivity index (χ3v) is 3.73. The number of aromatic amines is 1. The molecule has 3 aromatic heterocycles. The van der Waals surface area contributed by atoms with E-state index in [1.165, 1.54) is 6.33 Å². The molecule has 0 radical (unpaired) electrons. The van der Waals surface area contributed by atoms with Crippen LogP contribution in [0, 0.1) is 0 Å². The zero-order valence-electron chi connectivity index (χ0n) is 12.0. The fraction of sp³-hybridized carbons (Fsp3) is 0.308. The van der Waals surface area contributed by atoms with E-state index in [9.17, 15) is 4.79 Å². The van der Waals surface area contributed by atoms with Crippen molar-refractivity contribution in [2.75, 3.05) is 29.4 Å². The molecule has 1 aliphatic rings. The van der Waals surface area contributed by atoms with E-state index in [4.69, 9.17) is 0 Å². The molecule has 0 spiro atoms. The molecule has 1 aliphatic heterocycles. The molecular formula is C13H14N8O. The van der Waals surface area contributed by atoms with Gasteiger partial charge in [-0.25, -0.2) is 15.0 Å². The number of rotatable bonds is 2. The van der Waals surface area contributed by atoms with Crippen molar-refractivity contribution in [3.8, 4) is 0 Å². The molecule has 1 saturated heterocycles. The van der Waals surface area contributed by atoms with Gasteiger partial charge in [0.15, 0.2) is 11.5 Å². The molecule has 1 N–H and O–H groups in total. The molecule has 112 valence electrons. The van der Waals surface area contributed by atoms with Gasteiger partial charge in [0.25, 0.3) is 0 Å². The fourth-order valence-corrected chi connectivity index (χ4v) is 2.67. The van der Waals surface area contributed by atoms with Crippen molar-refractivity contribution in [2.45, 2.75) is 0 Å². The number of aromatic nitrogens is 6.